The third kappa shape index (κ3) is 2.13. The lowest BCUT2D eigenvalue weighted by atomic mass is 10.0. The van der Waals surface area contributed by atoms with Gasteiger partial charge in [0.05, 0.1) is 23.4 Å². The molecule has 0 saturated carbocycles. The van der Waals surface area contributed by atoms with E-state index in [0.717, 1.165) is 12.8 Å². The van der Waals surface area contributed by atoms with Gasteiger partial charge < -0.3 is 0 Å². The molecule has 1 aromatic heterocycles. The molecule has 1 unspecified atom stereocenters. The van der Waals surface area contributed by atoms with Crippen molar-refractivity contribution in [3.05, 3.63) is 11.4 Å². The van der Waals surface area contributed by atoms with Crippen molar-refractivity contribution >= 4 is 10.0 Å². The summed E-state index contributed by atoms with van der Waals surface area (Å²) in [4.78, 5) is 0.251. The largest absolute Gasteiger partial charge is 0.281 e. The van der Waals surface area contributed by atoms with E-state index in [1.54, 1.807) is 13.8 Å². The van der Waals surface area contributed by atoms with Gasteiger partial charge >= 0.3 is 0 Å². The van der Waals surface area contributed by atoms with Crippen LogP contribution in [-0.2, 0) is 10.0 Å². The van der Waals surface area contributed by atoms with Crippen molar-refractivity contribution in [2.75, 3.05) is 13.1 Å². The predicted octanol–water partition coefficient (Wildman–Crippen LogP) is 0.951. The second-order valence-electron chi connectivity index (χ2n) is 4.59. The zero-order valence-electron chi connectivity index (χ0n) is 10.5. The second-order valence-corrected chi connectivity index (χ2v) is 6.47. The van der Waals surface area contributed by atoms with Gasteiger partial charge in [0.1, 0.15) is 4.90 Å². The first-order valence-corrected chi connectivity index (χ1v) is 7.32. The molecule has 6 nitrogen and oxygen atoms in total. The van der Waals surface area contributed by atoms with E-state index in [2.05, 4.69) is 16.3 Å². The summed E-state index contributed by atoms with van der Waals surface area (Å²) in [6.07, 6.45) is 1.50. The maximum Gasteiger partial charge on any atom is 0.246 e. The summed E-state index contributed by atoms with van der Waals surface area (Å²) in [5.74, 6) is -0.207. The molecule has 0 bridgehead atoms. The number of piperidine rings is 1. The third-order valence-corrected chi connectivity index (χ3v) is 5.35. The number of nitrogens with one attached hydrogen (secondary N) is 1. The summed E-state index contributed by atoms with van der Waals surface area (Å²) < 4.78 is 26.4. The summed E-state index contributed by atoms with van der Waals surface area (Å²) >= 11 is 0. The summed E-state index contributed by atoms with van der Waals surface area (Å²) in [6, 6.07) is 2.15. The van der Waals surface area contributed by atoms with Crippen LogP contribution >= 0.6 is 0 Å². The van der Waals surface area contributed by atoms with Gasteiger partial charge in [0, 0.05) is 13.1 Å². The van der Waals surface area contributed by atoms with Gasteiger partial charge in [-0.3, -0.25) is 5.10 Å². The van der Waals surface area contributed by atoms with Crippen LogP contribution in [0, 0.1) is 31.1 Å². The number of sulfonamides is 1. The van der Waals surface area contributed by atoms with Crippen LogP contribution in [0.1, 0.15) is 24.2 Å². The molecule has 1 fully saturated rings. The molecule has 0 aliphatic carbocycles. The van der Waals surface area contributed by atoms with Gasteiger partial charge in [0.2, 0.25) is 10.0 Å². The molecule has 1 N–H and O–H groups in total. The van der Waals surface area contributed by atoms with Gasteiger partial charge in [-0.1, -0.05) is 0 Å². The highest BCUT2D eigenvalue weighted by Gasteiger charge is 2.33. The van der Waals surface area contributed by atoms with Gasteiger partial charge in [-0.05, 0) is 26.7 Å². The van der Waals surface area contributed by atoms with E-state index in [9.17, 15) is 8.42 Å². The highest BCUT2D eigenvalue weighted by molar-refractivity contribution is 7.89. The van der Waals surface area contributed by atoms with Crippen LogP contribution < -0.4 is 0 Å². The number of hydrogen-bond acceptors (Lipinski definition) is 4. The maximum absolute atomic E-state index is 12.5. The number of hydrogen-bond donors (Lipinski definition) is 1. The van der Waals surface area contributed by atoms with E-state index >= 15 is 0 Å². The minimum atomic E-state index is -3.53. The van der Waals surface area contributed by atoms with Crippen molar-refractivity contribution in [1.82, 2.24) is 14.5 Å². The van der Waals surface area contributed by atoms with Crippen LogP contribution in [0.25, 0.3) is 0 Å². The van der Waals surface area contributed by atoms with Crippen molar-refractivity contribution < 1.29 is 8.42 Å². The molecule has 0 aromatic carbocycles. The Kier molecular flexibility index (Phi) is 3.41. The van der Waals surface area contributed by atoms with Gasteiger partial charge in [-0.15, -0.1) is 0 Å². The topological polar surface area (TPSA) is 89.8 Å². The minimum absolute atomic E-state index is 0.207. The van der Waals surface area contributed by atoms with Crippen molar-refractivity contribution in [2.24, 2.45) is 5.92 Å². The molecular formula is C11H16N4O2S. The first kappa shape index (κ1) is 13.1. The molecule has 1 aliphatic rings. The Bertz CT molecular complexity index is 565. The molecule has 1 atom stereocenters. The van der Waals surface area contributed by atoms with E-state index < -0.39 is 10.0 Å². The van der Waals surface area contributed by atoms with Crippen molar-refractivity contribution in [3.8, 4) is 6.07 Å². The Morgan fingerprint density at radius 2 is 2.22 bits per heavy atom. The molecule has 1 aliphatic heterocycles. The van der Waals surface area contributed by atoms with E-state index in [0.29, 0.717) is 17.9 Å². The summed E-state index contributed by atoms with van der Waals surface area (Å²) in [7, 11) is -3.53. The number of aromatic nitrogens is 2. The van der Waals surface area contributed by atoms with Crippen LogP contribution in [0.2, 0.25) is 0 Å². The molecule has 0 radical (unpaired) electrons. The van der Waals surface area contributed by atoms with E-state index in [-0.39, 0.29) is 17.4 Å². The Morgan fingerprint density at radius 1 is 1.50 bits per heavy atom. The van der Waals surface area contributed by atoms with Crippen molar-refractivity contribution in [1.29, 1.82) is 5.26 Å². The first-order valence-electron chi connectivity index (χ1n) is 5.88. The van der Waals surface area contributed by atoms with Crippen molar-refractivity contribution in [2.45, 2.75) is 31.6 Å². The van der Waals surface area contributed by atoms with Crippen LogP contribution in [0.5, 0.6) is 0 Å². The predicted molar refractivity (Wildman–Crippen MR) is 65.2 cm³/mol. The molecular weight excluding hydrogens is 252 g/mol. The molecule has 18 heavy (non-hydrogen) atoms. The SMILES string of the molecule is Cc1n[nH]c(C)c1S(=O)(=O)N1CCCC(C#N)C1. The number of rotatable bonds is 2. The van der Waals surface area contributed by atoms with Gasteiger partial charge in [-0.25, -0.2) is 8.42 Å². The number of nitrogens with zero attached hydrogens (tertiary/aromatic N) is 3. The minimum Gasteiger partial charge on any atom is -0.281 e. The first-order chi connectivity index (χ1) is 8.46. The fraction of sp³-hybridized carbons (Fsp3) is 0.636. The molecule has 2 rings (SSSR count). The van der Waals surface area contributed by atoms with Crippen LogP contribution in [0.4, 0.5) is 0 Å². The average molecular weight is 268 g/mol. The quantitative estimate of drug-likeness (QED) is 0.864. The molecule has 0 spiro atoms. The molecule has 2 heterocycles. The van der Waals surface area contributed by atoms with Gasteiger partial charge in [0.25, 0.3) is 0 Å². The number of aromatic amines is 1. The van der Waals surface area contributed by atoms with Crippen LogP contribution in [0.15, 0.2) is 4.90 Å². The molecule has 1 aromatic rings. The average Bonchev–Trinajstić information content (AvgIpc) is 2.69. The lowest BCUT2D eigenvalue weighted by Gasteiger charge is -2.28. The second kappa shape index (κ2) is 4.71. The molecule has 1 saturated heterocycles. The fourth-order valence-corrected chi connectivity index (χ4v) is 4.17. The maximum atomic E-state index is 12.5. The Balaban J connectivity index is 2.35. The Hall–Kier alpha value is -1.39. The highest BCUT2D eigenvalue weighted by atomic mass is 32.2. The summed E-state index contributed by atoms with van der Waals surface area (Å²) in [5.41, 5.74) is 1.03. The monoisotopic (exact) mass is 268 g/mol. The lowest BCUT2D eigenvalue weighted by molar-refractivity contribution is 0.305. The number of H-pyrrole nitrogens is 1. The van der Waals surface area contributed by atoms with Gasteiger partial charge in [0.15, 0.2) is 0 Å². The molecule has 98 valence electrons. The lowest BCUT2D eigenvalue weighted by Crippen LogP contribution is -2.39. The zero-order valence-corrected chi connectivity index (χ0v) is 11.3. The zero-order chi connectivity index (χ0) is 13.3. The van der Waals surface area contributed by atoms with E-state index in [4.69, 9.17) is 5.26 Å². The van der Waals surface area contributed by atoms with Crippen LogP contribution in [-0.4, -0.2) is 36.0 Å². The Labute approximate surface area is 107 Å². The highest BCUT2D eigenvalue weighted by Crippen LogP contribution is 2.26. The third-order valence-electron chi connectivity index (χ3n) is 3.23. The smallest absolute Gasteiger partial charge is 0.246 e. The fourth-order valence-electron chi connectivity index (χ4n) is 2.32. The van der Waals surface area contributed by atoms with Gasteiger partial charge in [-0.2, -0.15) is 14.7 Å². The summed E-state index contributed by atoms with van der Waals surface area (Å²) in [6.45, 7) is 4.12. The van der Waals surface area contributed by atoms with E-state index in [1.807, 2.05) is 0 Å². The normalized spacial score (nSPS) is 21.7. The standard InChI is InChI=1S/C11H16N4O2S/c1-8-11(9(2)14-13-8)18(16,17)15-5-3-4-10(6-12)7-15/h10H,3-5,7H2,1-2H3,(H,13,14). The number of aryl methyl sites for hydroxylation is 2. The molecule has 0 amide bonds. The van der Waals surface area contributed by atoms with Crippen molar-refractivity contribution in [3.63, 3.8) is 0 Å². The van der Waals surface area contributed by atoms with Crippen LogP contribution in [0.3, 0.4) is 0 Å². The van der Waals surface area contributed by atoms with E-state index in [1.165, 1.54) is 4.31 Å². The molecule has 7 heteroatoms. The Morgan fingerprint density at radius 3 is 2.78 bits per heavy atom. The summed E-state index contributed by atoms with van der Waals surface area (Å²) in [5, 5.41) is 15.5. The number of nitriles is 1.